The predicted molar refractivity (Wildman–Crippen MR) is 58.4 cm³/mol. The molecule has 0 atom stereocenters. The summed E-state index contributed by atoms with van der Waals surface area (Å²) in [5, 5.41) is 4.71. The Bertz CT molecular complexity index is 453. The standard InChI is InChI=1S/C9H10ClN5/c10-8-4-13-15(6-8)5-7-1-2-12-9(3-7)14-11/h1-4,6H,5,11H2,(H,12,14). The van der Waals surface area contributed by atoms with Gasteiger partial charge in [-0.05, 0) is 17.7 Å². The molecule has 3 N–H and O–H groups in total. The zero-order valence-electron chi connectivity index (χ0n) is 7.89. The molecule has 5 nitrogen and oxygen atoms in total. The SMILES string of the molecule is NNc1cc(Cn2cc(Cl)cn2)ccn1. The Morgan fingerprint density at radius 1 is 1.53 bits per heavy atom. The molecule has 15 heavy (non-hydrogen) atoms. The third-order valence-electron chi connectivity index (χ3n) is 1.92. The summed E-state index contributed by atoms with van der Waals surface area (Å²) in [6, 6.07) is 3.76. The molecule has 6 heteroatoms. The molecule has 0 aliphatic rings. The highest BCUT2D eigenvalue weighted by Gasteiger charge is 1.99. The van der Waals surface area contributed by atoms with Crippen LogP contribution >= 0.6 is 11.6 Å². The molecule has 0 aromatic carbocycles. The van der Waals surface area contributed by atoms with Gasteiger partial charge in [0.05, 0.1) is 17.8 Å². The summed E-state index contributed by atoms with van der Waals surface area (Å²) in [7, 11) is 0. The van der Waals surface area contributed by atoms with E-state index < -0.39 is 0 Å². The molecule has 0 amide bonds. The summed E-state index contributed by atoms with van der Waals surface area (Å²) in [5.41, 5.74) is 3.54. The van der Waals surface area contributed by atoms with Crippen LogP contribution in [-0.4, -0.2) is 14.8 Å². The van der Waals surface area contributed by atoms with Crippen LogP contribution < -0.4 is 11.3 Å². The number of hydrogen-bond acceptors (Lipinski definition) is 4. The molecule has 0 aliphatic heterocycles. The number of anilines is 1. The fraction of sp³-hybridized carbons (Fsp3) is 0.111. The zero-order valence-corrected chi connectivity index (χ0v) is 8.65. The second kappa shape index (κ2) is 4.29. The third kappa shape index (κ3) is 2.45. The number of hydrazine groups is 1. The van der Waals surface area contributed by atoms with E-state index in [9.17, 15) is 0 Å². The van der Waals surface area contributed by atoms with Crippen LogP contribution in [0.25, 0.3) is 0 Å². The molecule has 0 saturated heterocycles. The van der Waals surface area contributed by atoms with Gasteiger partial charge in [0.1, 0.15) is 5.82 Å². The summed E-state index contributed by atoms with van der Waals surface area (Å²) >= 11 is 5.76. The van der Waals surface area contributed by atoms with Crippen molar-refractivity contribution in [2.75, 3.05) is 5.43 Å². The molecule has 2 aromatic rings. The molecule has 2 heterocycles. The van der Waals surface area contributed by atoms with Crippen molar-refractivity contribution < 1.29 is 0 Å². The largest absolute Gasteiger partial charge is 0.308 e. The van der Waals surface area contributed by atoms with Gasteiger partial charge < -0.3 is 5.43 Å². The quantitative estimate of drug-likeness (QED) is 0.607. The van der Waals surface area contributed by atoms with E-state index in [-0.39, 0.29) is 0 Å². The molecule has 0 fully saturated rings. The lowest BCUT2D eigenvalue weighted by Gasteiger charge is -2.03. The normalized spacial score (nSPS) is 10.3. The minimum absolute atomic E-state index is 0.626. The van der Waals surface area contributed by atoms with Crippen molar-refractivity contribution in [1.29, 1.82) is 0 Å². The molecular formula is C9H10ClN5. The van der Waals surface area contributed by atoms with Crippen LogP contribution in [0.1, 0.15) is 5.56 Å². The third-order valence-corrected chi connectivity index (χ3v) is 2.11. The van der Waals surface area contributed by atoms with Gasteiger partial charge in [0.2, 0.25) is 0 Å². The number of hydrogen-bond donors (Lipinski definition) is 2. The van der Waals surface area contributed by atoms with Gasteiger partial charge in [0, 0.05) is 12.4 Å². The maximum absolute atomic E-state index is 5.76. The maximum atomic E-state index is 5.76. The van der Waals surface area contributed by atoms with Gasteiger partial charge in [-0.25, -0.2) is 10.8 Å². The molecule has 0 bridgehead atoms. The average Bonchev–Trinajstić information content (AvgIpc) is 2.64. The van der Waals surface area contributed by atoms with Gasteiger partial charge in [-0.3, -0.25) is 4.68 Å². The highest BCUT2D eigenvalue weighted by molar-refractivity contribution is 6.30. The van der Waals surface area contributed by atoms with E-state index in [1.165, 1.54) is 0 Å². The number of nitrogens with zero attached hydrogens (tertiary/aromatic N) is 3. The number of pyridine rings is 1. The van der Waals surface area contributed by atoms with Gasteiger partial charge >= 0.3 is 0 Å². The van der Waals surface area contributed by atoms with Crippen LogP contribution in [0.15, 0.2) is 30.7 Å². The second-order valence-electron chi connectivity index (χ2n) is 3.05. The number of rotatable bonds is 3. The number of aromatic nitrogens is 3. The van der Waals surface area contributed by atoms with Crippen molar-refractivity contribution in [2.45, 2.75) is 6.54 Å². The Morgan fingerprint density at radius 2 is 2.40 bits per heavy atom. The van der Waals surface area contributed by atoms with Crippen molar-refractivity contribution in [1.82, 2.24) is 14.8 Å². The van der Waals surface area contributed by atoms with Crippen LogP contribution in [0, 0.1) is 0 Å². The molecule has 2 rings (SSSR count). The molecule has 0 radical (unpaired) electrons. The lowest BCUT2D eigenvalue weighted by Crippen LogP contribution is -2.09. The first-order chi connectivity index (χ1) is 7.28. The van der Waals surface area contributed by atoms with E-state index in [0.29, 0.717) is 17.4 Å². The Kier molecular flexibility index (Phi) is 2.84. The second-order valence-corrected chi connectivity index (χ2v) is 3.49. The van der Waals surface area contributed by atoms with E-state index in [4.69, 9.17) is 17.4 Å². The van der Waals surface area contributed by atoms with Crippen molar-refractivity contribution >= 4 is 17.4 Å². The number of nitrogen functional groups attached to an aromatic ring is 1. The molecule has 0 unspecified atom stereocenters. The number of halogens is 1. The van der Waals surface area contributed by atoms with E-state index >= 15 is 0 Å². The fourth-order valence-electron chi connectivity index (χ4n) is 1.26. The van der Waals surface area contributed by atoms with Gasteiger partial charge in [-0.1, -0.05) is 11.6 Å². The molecule has 0 spiro atoms. The summed E-state index contributed by atoms with van der Waals surface area (Å²) in [6.07, 6.45) is 5.05. The monoisotopic (exact) mass is 223 g/mol. The lowest BCUT2D eigenvalue weighted by molar-refractivity contribution is 0.686. The van der Waals surface area contributed by atoms with E-state index in [1.807, 2.05) is 12.1 Å². The molecule has 0 aliphatic carbocycles. The fourth-order valence-corrected chi connectivity index (χ4v) is 1.42. The molecule has 0 saturated carbocycles. The minimum Gasteiger partial charge on any atom is -0.308 e. The Labute approximate surface area is 91.8 Å². The summed E-state index contributed by atoms with van der Waals surface area (Å²) < 4.78 is 1.75. The minimum atomic E-state index is 0.626. The van der Waals surface area contributed by atoms with Crippen molar-refractivity contribution in [3.63, 3.8) is 0 Å². The van der Waals surface area contributed by atoms with Crippen LogP contribution in [0.5, 0.6) is 0 Å². The number of nitrogens with one attached hydrogen (secondary N) is 1. The Hall–Kier alpha value is -1.59. The van der Waals surface area contributed by atoms with Crippen LogP contribution in [-0.2, 0) is 6.54 Å². The van der Waals surface area contributed by atoms with Crippen molar-refractivity contribution in [3.05, 3.63) is 41.3 Å². The topological polar surface area (TPSA) is 68.8 Å². The van der Waals surface area contributed by atoms with E-state index in [1.54, 1.807) is 23.3 Å². The van der Waals surface area contributed by atoms with Crippen molar-refractivity contribution in [3.8, 4) is 0 Å². The molecular weight excluding hydrogens is 214 g/mol. The maximum Gasteiger partial charge on any atom is 0.140 e. The van der Waals surface area contributed by atoms with Crippen LogP contribution in [0.2, 0.25) is 5.02 Å². The van der Waals surface area contributed by atoms with Gasteiger partial charge in [0.15, 0.2) is 0 Å². The van der Waals surface area contributed by atoms with Gasteiger partial charge in [-0.2, -0.15) is 5.10 Å². The molecule has 78 valence electrons. The Balaban J connectivity index is 2.16. The highest BCUT2D eigenvalue weighted by atomic mass is 35.5. The number of nitrogens with two attached hydrogens (primary N) is 1. The molecule has 2 aromatic heterocycles. The van der Waals surface area contributed by atoms with E-state index in [2.05, 4.69) is 15.5 Å². The smallest absolute Gasteiger partial charge is 0.140 e. The van der Waals surface area contributed by atoms with Gasteiger partial charge in [-0.15, -0.1) is 0 Å². The van der Waals surface area contributed by atoms with Gasteiger partial charge in [0.25, 0.3) is 0 Å². The van der Waals surface area contributed by atoms with Crippen molar-refractivity contribution in [2.24, 2.45) is 5.84 Å². The first kappa shape index (κ1) is 9.95. The zero-order chi connectivity index (χ0) is 10.7. The lowest BCUT2D eigenvalue weighted by atomic mass is 10.2. The average molecular weight is 224 g/mol. The first-order valence-electron chi connectivity index (χ1n) is 4.37. The summed E-state index contributed by atoms with van der Waals surface area (Å²) in [4.78, 5) is 4.01. The van der Waals surface area contributed by atoms with Crippen LogP contribution in [0.4, 0.5) is 5.82 Å². The predicted octanol–water partition coefficient (Wildman–Crippen LogP) is 1.27. The first-order valence-corrected chi connectivity index (χ1v) is 4.75. The highest BCUT2D eigenvalue weighted by Crippen LogP contribution is 2.09. The van der Waals surface area contributed by atoms with Crippen LogP contribution in [0.3, 0.4) is 0 Å². The van der Waals surface area contributed by atoms with E-state index in [0.717, 1.165) is 5.56 Å². The Morgan fingerprint density at radius 3 is 3.07 bits per heavy atom. The summed E-state index contributed by atoms with van der Waals surface area (Å²) in [6.45, 7) is 0.643. The summed E-state index contributed by atoms with van der Waals surface area (Å²) in [5.74, 6) is 5.89.